The first-order valence-corrected chi connectivity index (χ1v) is 6.30. The minimum absolute atomic E-state index is 0.0403. The highest BCUT2D eigenvalue weighted by Crippen LogP contribution is 2.52. The van der Waals surface area contributed by atoms with Gasteiger partial charge in [-0.15, -0.1) is 0 Å². The van der Waals surface area contributed by atoms with E-state index in [0.29, 0.717) is 11.8 Å². The van der Waals surface area contributed by atoms with Gasteiger partial charge in [-0.25, -0.2) is 0 Å². The van der Waals surface area contributed by atoms with Gasteiger partial charge in [0.05, 0.1) is 12.0 Å². The molecule has 0 N–H and O–H groups in total. The molecule has 0 spiro atoms. The van der Waals surface area contributed by atoms with Crippen molar-refractivity contribution in [2.75, 3.05) is 0 Å². The molecule has 0 saturated heterocycles. The lowest BCUT2D eigenvalue weighted by Gasteiger charge is -2.25. The summed E-state index contributed by atoms with van der Waals surface area (Å²) in [5.74, 6) is 1.03. The maximum atomic E-state index is 12.5. The molecular formula is C15H15NO. The van der Waals surface area contributed by atoms with Gasteiger partial charge in [0, 0.05) is 11.5 Å². The highest BCUT2D eigenvalue weighted by atomic mass is 16.1. The zero-order valence-electron chi connectivity index (χ0n) is 9.67. The first-order chi connectivity index (χ1) is 8.31. The van der Waals surface area contributed by atoms with Gasteiger partial charge < -0.3 is 0 Å². The molecule has 2 heteroatoms. The molecule has 2 aliphatic carbocycles. The van der Waals surface area contributed by atoms with Gasteiger partial charge in [0.25, 0.3) is 0 Å². The second-order valence-corrected chi connectivity index (χ2v) is 5.24. The SMILES string of the molecule is N#C[C@H]1[C@H]2CC[C@@H](C2)[C@H]1C(=O)c1ccccc1. The van der Waals surface area contributed by atoms with Gasteiger partial charge in [0.1, 0.15) is 0 Å². The number of hydrogen-bond acceptors (Lipinski definition) is 2. The van der Waals surface area contributed by atoms with Crippen LogP contribution < -0.4 is 0 Å². The molecule has 0 aromatic heterocycles. The number of Topliss-reactive ketones (excluding diaryl/α,β-unsaturated/α-hetero) is 1. The molecule has 2 fully saturated rings. The summed E-state index contributed by atoms with van der Waals surface area (Å²) in [7, 11) is 0. The average molecular weight is 225 g/mol. The Balaban J connectivity index is 1.90. The molecule has 1 aromatic carbocycles. The number of ketones is 1. The zero-order valence-corrected chi connectivity index (χ0v) is 9.67. The highest BCUT2D eigenvalue weighted by molar-refractivity contribution is 5.98. The van der Waals surface area contributed by atoms with E-state index in [2.05, 4.69) is 6.07 Å². The maximum Gasteiger partial charge on any atom is 0.167 e. The van der Waals surface area contributed by atoms with Crippen molar-refractivity contribution in [1.82, 2.24) is 0 Å². The summed E-state index contributed by atoms with van der Waals surface area (Å²) in [5.41, 5.74) is 0.769. The van der Waals surface area contributed by atoms with Gasteiger partial charge in [-0.1, -0.05) is 30.3 Å². The van der Waals surface area contributed by atoms with Crippen molar-refractivity contribution >= 4 is 5.78 Å². The molecule has 0 unspecified atom stereocenters. The monoisotopic (exact) mass is 225 g/mol. The maximum absolute atomic E-state index is 12.5. The Morgan fingerprint density at radius 2 is 1.88 bits per heavy atom. The minimum atomic E-state index is -0.0406. The van der Waals surface area contributed by atoms with Crippen LogP contribution in [0.2, 0.25) is 0 Å². The molecule has 1 aromatic rings. The molecule has 4 atom stereocenters. The summed E-state index contributed by atoms with van der Waals surface area (Å²) in [6.07, 6.45) is 3.36. The topological polar surface area (TPSA) is 40.9 Å². The van der Waals surface area contributed by atoms with E-state index in [0.717, 1.165) is 24.8 Å². The van der Waals surface area contributed by atoms with E-state index in [1.807, 2.05) is 30.3 Å². The molecule has 2 nitrogen and oxygen atoms in total. The van der Waals surface area contributed by atoms with E-state index >= 15 is 0 Å². The Bertz CT molecular complexity index is 473. The van der Waals surface area contributed by atoms with Crippen molar-refractivity contribution in [3.63, 3.8) is 0 Å². The van der Waals surface area contributed by atoms with Crippen LogP contribution in [0.15, 0.2) is 30.3 Å². The number of benzene rings is 1. The molecule has 2 bridgehead atoms. The van der Waals surface area contributed by atoms with Crippen LogP contribution in [-0.4, -0.2) is 5.78 Å². The van der Waals surface area contributed by atoms with Crippen molar-refractivity contribution in [1.29, 1.82) is 5.26 Å². The fourth-order valence-corrected chi connectivity index (χ4v) is 3.65. The number of carbonyl (C=O) groups excluding carboxylic acids is 1. The van der Waals surface area contributed by atoms with E-state index < -0.39 is 0 Å². The molecule has 3 rings (SSSR count). The van der Waals surface area contributed by atoms with Gasteiger partial charge >= 0.3 is 0 Å². The Morgan fingerprint density at radius 3 is 2.59 bits per heavy atom. The summed E-state index contributed by atoms with van der Waals surface area (Å²) in [6, 6.07) is 11.8. The van der Waals surface area contributed by atoms with Crippen LogP contribution in [0.3, 0.4) is 0 Å². The first kappa shape index (κ1) is 10.5. The predicted molar refractivity (Wildman–Crippen MR) is 64.2 cm³/mol. The minimum Gasteiger partial charge on any atom is -0.294 e. The van der Waals surface area contributed by atoms with Crippen LogP contribution in [0.1, 0.15) is 29.6 Å². The number of fused-ring (bicyclic) bond motifs is 2. The second kappa shape index (κ2) is 4.00. The molecule has 2 aliphatic rings. The summed E-state index contributed by atoms with van der Waals surface area (Å²) < 4.78 is 0. The third-order valence-electron chi connectivity index (χ3n) is 4.43. The van der Waals surface area contributed by atoms with Crippen molar-refractivity contribution < 1.29 is 4.79 Å². The van der Waals surface area contributed by atoms with E-state index in [9.17, 15) is 10.1 Å². The number of rotatable bonds is 2. The van der Waals surface area contributed by atoms with Crippen LogP contribution in [0.4, 0.5) is 0 Å². The fourth-order valence-electron chi connectivity index (χ4n) is 3.65. The fraction of sp³-hybridized carbons (Fsp3) is 0.467. The van der Waals surface area contributed by atoms with Crippen LogP contribution in [0, 0.1) is 35.0 Å². The summed E-state index contributed by atoms with van der Waals surface area (Å²) in [6.45, 7) is 0. The van der Waals surface area contributed by atoms with Crippen LogP contribution >= 0.6 is 0 Å². The van der Waals surface area contributed by atoms with Crippen molar-refractivity contribution in [3.05, 3.63) is 35.9 Å². The molecule has 0 radical (unpaired) electrons. The highest BCUT2D eigenvalue weighted by Gasteiger charge is 2.50. The van der Waals surface area contributed by atoms with Crippen LogP contribution in [0.25, 0.3) is 0 Å². The summed E-state index contributed by atoms with van der Waals surface area (Å²) in [5, 5.41) is 9.25. The second-order valence-electron chi connectivity index (χ2n) is 5.24. The smallest absolute Gasteiger partial charge is 0.167 e. The van der Waals surface area contributed by atoms with Gasteiger partial charge in [0.2, 0.25) is 0 Å². The molecular weight excluding hydrogens is 210 g/mol. The standard InChI is InChI=1S/C15H15NO/c16-9-13-11-6-7-12(8-11)14(13)15(17)10-4-2-1-3-5-10/h1-5,11-14H,6-8H2/t11-,12-,13-,14+/m0/s1. The largest absolute Gasteiger partial charge is 0.294 e. The Labute approximate surface area is 101 Å². The van der Waals surface area contributed by atoms with Gasteiger partial charge in [-0.2, -0.15) is 5.26 Å². The third-order valence-corrected chi connectivity index (χ3v) is 4.43. The average Bonchev–Trinajstić information content (AvgIpc) is 2.98. The van der Waals surface area contributed by atoms with E-state index in [4.69, 9.17) is 0 Å². The van der Waals surface area contributed by atoms with E-state index in [-0.39, 0.29) is 17.6 Å². The summed E-state index contributed by atoms with van der Waals surface area (Å²) in [4.78, 5) is 12.5. The number of nitrogens with zero attached hydrogens (tertiary/aromatic N) is 1. The molecule has 86 valence electrons. The predicted octanol–water partition coefficient (Wildman–Crippen LogP) is 3.06. The molecule has 0 heterocycles. The van der Waals surface area contributed by atoms with Gasteiger partial charge in [-0.05, 0) is 31.1 Å². The van der Waals surface area contributed by atoms with Crippen molar-refractivity contribution in [2.24, 2.45) is 23.7 Å². The molecule has 17 heavy (non-hydrogen) atoms. The third kappa shape index (κ3) is 1.58. The van der Waals surface area contributed by atoms with Gasteiger partial charge in [0.15, 0.2) is 5.78 Å². The normalized spacial score (nSPS) is 34.5. The lowest BCUT2D eigenvalue weighted by atomic mass is 9.76. The Kier molecular flexibility index (Phi) is 2.48. The summed E-state index contributed by atoms with van der Waals surface area (Å²) >= 11 is 0. The van der Waals surface area contributed by atoms with Gasteiger partial charge in [-0.3, -0.25) is 4.79 Å². The molecule has 0 amide bonds. The number of hydrogen-bond donors (Lipinski definition) is 0. The Hall–Kier alpha value is -1.62. The quantitative estimate of drug-likeness (QED) is 0.726. The van der Waals surface area contributed by atoms with Crippen LogP contribution in [-0.2, 0) is 0 Å². The lowest BCUT2D eigenvalue weighted by Crippen LogP contribution is -2.28. The van der Waals surface area contributed by atoms with Crippen molar-refractivity contribution in [2.45, 2.75) is 19.3 Å². The van der Waals surface area contributed by atoms with Crippen LogP contribution in [0.5, 0.6) is 0 Å². The first-order valence-electron chi connectivity index (χ1n) is 6.30. The zero-order chi connectivity index (χ0) is 11.8. The van der Waals surface area contributed by atoms with E-state index in [1.54, 1.807) is 0 Å². The number of carbonyl (C=O) groups is 1. The Morgan fingerprint density at radius 1 is 1.18 bits per heavy atom. The lowest BCUT2D eigenvalue weighted by molar-refractivity contribution is 0.0842. The van der Waals surface area contributed by atoms with E-state index in [1.165, 1.54) is 0 Å². The molecule has 0 aliphatic heterocycles. The number of nitriles is 1. The van der Waals surface area contributed by atoms with Crippen molar-refractivity contribution in [3.8, 4) is 6.07 Å². The molecule has 2 saturated carbocycles.